The molecule has 0 bridgehead atoms. The number of piperazine rings is 1. The van der Waals surface area contributed by atoms with E-state index in [-0.39, 0.29) is 5.91 Å². The Morgan fingerprint density at radius 2 is 1.88 bits per heavy atom. The average Bonchev–Trinajstić information content (AvgIpc) is 3.09. The first kappa shape index (κ1) is 17.0. The maximum atomic E-state index is 11.9. The fourth-order valence-corrected chi connectivity index (χ4v) is 3.17. The average molecular weight is 347 g/mol. The van der Waals surface area contributed by atoms with Gasteiger partial charge in [0.25, 0.3) is 0 Å². The highest BCUT2D eigenvalue weighted by molar-refractivity contribution is 6.30. The molecule has 0 N–H and O–H groups in total. The van der Waals surface area contributed by atoms with Gasteiger partial charge in [0.15, 0.2) is 0 Å². The van der Waals surface area contributed by atoms with E-state index in [1.54, 1.807) is 6.92 Å². The number of hydrogen-bond acceptors (Lipinski definition) is 3. The number of nitrogens with zero attached hydrogens (tertiary/aromatic N) is 4. The molecule has 0 spiro atoms. The molecular weight excluding hydrogens is 324 g/mol. The topological polar surface area (TPSA) is 41.4 Å². The predicted molar refractivity (Wildman–Crippen MR) is 96.0 cm³/mol. The molecule has 128 valence electrons. The number of carbonyl (C=O) groups excluding carboxylic acids is 1. The minimum atomic E-state index is -0.434. The van der Waals surface area contributed by atoms with Crippen molar-refractivity contribution < 1.29 is 4.79 Å². The number of hydrogen-bond donors (Lipinski definition) is 0. The second kappa shape index (κ2) is 7.81. The molecule has 5 nitrogen and oxygen atoms in total. The highest BCUT2D eigenvalue weighted by Crippen LogP contribution is 2.17. The largest absolute Gasteiger partial charge is 0.339 e. The Bertz CT molecular complexity index is 663. The van der Waals surface area contributed by atoms with Gasteiger partial charge in [0, 0.05) is 57.2 Å². The van der Waals surface area contributed by atoms with Crippen LogP contribution in [0.3, 0.4) is 0 Å². The van der Waals surface area contributed by atoms with Crippen molar-refractivity contribution in [2.75, 3.05) is 32.7 Å². The molecule has 0 aliphatic carbocycles. The monoisotopic (exact) mass is 346 g/mol. The molecule has 1 amide bonds. The van der Waals surface area contributed by atoms with Gasteiger partial charge in [0.05, 0.1) is 0 Å². The third-order valence-electron chi connectivity index (χ3n) is 4.43. The van der Waals surface area contributed by atoms with Gasteiger partial charge in [-0.1, -0.05) is 30.3 Å². The minimum Gasteiger partial charge on any atom is -0.339 e. The molecule has 0 saturated carbocycles. The summed E-state index contributed by atoms with van der Waals surface area (Å²) < 4.78 is 2.19. The lowest BCUT2D eigenvalue weighted by Gasteiger charge is -2.35. The maximum absolute atomic E-state index is 11.9. The summed E-state index contributed by atoms with van der Waals surface area (Å²) in [7, 11) is 0. The van der Waals surface area contributed by atoms with Gasteiger partial charge in [-0.25, -0.2) is 4.98 Å². The van der Waals surface area contributed by atoms with Crippen LogP contribution in [0, 0.1) is 0 Å². The van der Waals surface area contributed by atoms with Crippen LogP contribution in [-0.2, 0) is 11.3 Å². The number of imidazole rings is 1. The molecule has 0 radical (unpaired) electrons. The maximum Gasteiger partial charge on any atom is 0.240 e. The van der Waals surface area contributed by atoms with Gasteiger partial charge in [-0.05, 0) is 6.92 Å². The lowest BCUT2D eigenvalue weighted by molar-refractivity contribution is -0.132. The van der Waals surface area contributed by atoms with Crippen molar-refractivity contribution in [1.29, 1.82) is 0 Å². The van der Waals surface area contributed by atoms with E-state index in [1.165, 1.54) is 0 Å². The van der Waals surface area contributed by atoms with Crippen molar-refractivity contribution in [1.82, 2.24) is 19.4 Å². The first-order valence-corrected chi connectivity index (χ1v) is 8.80. The van der Waals surface area contributed by atoms with Gasteiger partial charge in [0.2, 0.25) is 5.91 Å². The van der Waals surface area contributed by atoms with E-state index < -0.39 is 5.38 Å². The third kappa shape index (κ3) is 3.97. The van der Waals surface area contributed by atoms with E-state index in [2.05, 4.69) is 26.6 Å². The summed E-state index contributed by atoms with van der Waals surface area (Å²) in [5.41, 5.74) is 1.13. The fourth-order valence-electron chi connectivity index (χ4n) is 3.03. The first-order valence-electron chi connectivity index (χ1n) is 8.37. The molecule has 6 heteroatoms. The Hall–Kier alpha value is -1.85. The van der Waals surface area contributed by atoms with Gasteiger partial charge in [-0.2, -0.15) is 0 Å². The highest BCUT2D eigenvalue weighted by Gasteiger charge is 2.23. The Balaban J connectivity index is 1.53. The number of carbonyl (C=O) groups is 1. The standard InChI is InChI=1S/C18H23ClN4O/c1-15(19)18(24)23-13-10-21(11-14-23)9-12-22-8-7-20-17(22)16-5-3-2-4-6-16/h2-8,15H,9-14H2,1H3. The van der Waals surface area contributed by atoms with Crippen molar-refractivity contribution >= 4 is 17.5 Å². The number of benzene rings is 1. The van der Waals surface area contributed by atoms with Crippen LogP contribution in [0.1, 0.15) is 6.92 Å². The SMILES string of the molecule is CC(Cl)C(=O)N1CCN(CCn2ccnc2-c2ccccc2)CC1. The molecule has 1 unspecified atom stereocenters. The van der Waals surface area contributed by atoms with Crippen molar-refractivity contribution in [3.05, 3.63) is 42.7 Å². The number of amides is 1. The zero-order valence-electron chi connectivity index (χ0n) is 13.9. The Morgan fingerprint density at radius 3 is 2.54 bits per heavy atom. The molecule has 2 aromatic rings. The molecule has 1 saturated heterocycles. The Morgan fingerprint density at radius 1 is 1.17 bits per heavy atom. The zero-order valence-corrected chi connectivity index (χ0v) is 14.7. The van der Waals surface area contributed by atoms with Crippen LogP contribution in [0.15, 0.2) is 42.7 Å². The van der Waals surface area contributed by atoms with Crippen LogP contribution in [0.5, 0.6) is 0 Å². The quantitative estimate of drug-likeness (QED) is 0.780. The van der Waals surface area contributed by atoms with Crippen LogP contribution in [0.4, 0.5) is 0 Å². The number of halogens is 1. The van der Waals surface area contributed by atoms with Gasteiger partial charge >= 0.3 is 0 Å². The summed E-state index contributed by atoms with van der Waals surface area (Å²) in [6.45, 7) is 6.88. The van der Waals surface area contributed by atoms with Crippen LogP contribution in [0.25, 0.3) is 11.4 Å². The van der Waals surface area contributed by atoms with Crippen LogP contribution >= 0.6 is 11.6 Å². The van der Waals surface area contributed by atoms with Gasteiger partial charge in [0.1, 0.15) is 11.2 Å². The summed E-state index contributed by atoms with van der Waals surface area (Å²) in [4.78, 5) is 20.6. The minimum absolute atomic E-state index is 0.0392. The van der Waals surface area contributed by atoms with Crippen molar-refractivity contribution in [2.24, 2.45) is 0 Å². The summed E-state index contributed by atoms with van der Waals surface area (Å²) >= 11 is 5.89. The molecule has 1 aromatic carbocycles. The normalized spacial score (nSPS) is 17.0. The Kier molecular flexibility index (Phi) is 5.53. The number of rotatable bonds is 5. The second-order valence-corrected chi connectivity index (χ2v) is 6.75. The Labute approximate surface area is 147 Å². The zero-order chi connectivity index (χ0) is 16.9. The van der Waals surface area contributed by atoms with Gasteiger partial charge in [-0.15, -0.1) is 11.6 Å². The van der Waals surface area contributed by atoms with Crippen LogP contribution in [0.2, 0.25) is 0 Å². The summed E-state index contributed by atoms with van der Waals surface area (Å²) in [6, 6.07) is 10.2. The molecule has 3 rings (SSSR count). The third-order valence-corrected chi connectivity index (χ3v) is 4.62. The fraction of sp³-hybridized carbons (Fsp3) is 0.444. The summed E-state index contributed by atoms with van der Waals surface area (Å²) in [5.74, 6) is 1.04. The van der Waals surface area contributed by atoms with E-state index in [4.69, 9.17) is 11.6 Å². The van der Waals surface area contributed by atoms with E-state index >= 15 is 0 Å². The molecule has 1 aromatic heterocycles. The molecule has 1 atom stereocenters. The second-order valence-electron chi connectivity index (χ2n) is 6.09. The summed E-state index contributed by atoms with van der Waals surface area (Å²) in [5, 5.41) is -0.434. The van der Waals surface area contributed by atoms with Gasteiger partial charge < -0.3 is 9.47 Å². The lowest BCUT2D eigenvalue weighted by atomic mass is 10.2. The molecule has 2 heterocycles. The number of aromatic nitrogens is 2. The molecule has 1 aliphatic rings. The van der Waals surface area contributed by atoms with Crippen molar-refractivity contribution in [3.63, 3.8) is 0 Å². The van der Waals surface area contributed by atoms with Gasteiger partial charge in [-0.3, -0.25) is 9.69 Å². The first-order chi connectivity index (χ1) is 11.6. The highest BCUT2D eigenvalue weighted by atomic mass is 35.5. The predicted octanol–water partition coefficient (Wildman–Crippen LogP) is 2.32. The van der Waals surface area contributed by atoms with Crippen LogP contribution < -0.4 is 0 Å². The van der Waals surface area contributed by atoms with Crippen LogP contribution in [-0.4, -0.2) is 63.4 Å². The van der Waals surface area contributed by atoms with E-state index in [1.807, 2.05) is 35.5 Å². The smallest absolute Gasteiger partial charge is 0.240 e. The molecular formula is C18H23ClN4O. The molecule has 24 heavy (non-hydrogen) atoms. The number of alkyl halides is 1. The van der Waals surface area contributed by atoms with E-state index in [0.717, 1.165) is 50.7 Å². The lowest BCUT2D eigenvalue weighted by Crippen LogP contribution is -2.50. The van der Waals surface area contributed by atoms with E-state index in [0.29, 0.717) is 0 Å². The molecule has 1 fully saturated rings. The summed E-state index contributed by atoms with van der Waals surface area (Å²) in [6.07, 6.45) is 3.87. The molecule has 1 aliphatic heterocycles. The van der Waals surface area contributed by atoms with E-state index in [9.17, 15) is 4.79 Å². The van der Waals surface area contributed by atoms with Crippen molar-refractivity contribution in [3.8, 4) is 11.4 Å². The van der Waals surface area contributed by atoms with Crippen molar-refractivity contribution in [2.45, 2.75) is 18.8 Å².